The molecule has 6 nitrogen and oxygen atoms in total. The molecule has 2 aromatic carbocycles. The molecule has 0 atom stereocenters. The van der Waals surface area contributed by atoms with E-state index in [2.05, 4.69) is 47.3 Å². The molecule has 3 heterocycles. The Morgan fingerprint density at radius 3 is 2.63 bits per heavy atom. The zero-order chi connectivity index (χ0) is 20.7. The fourth-order valence-corrected chi connectivity index (χ4v) is 4.84. The van der Waals surface area contributed by atoms with Crippen molar-refractivity contribution in [2.45, 2.75) is 20.4 Å². The molecular formula is C23H21N3O3S. The van der Waals surface area contributed by atoms with E-state index < -0.39 is 0 Å². The topological polar surface area (TPSA) is 65.5 Å². The first-order chi connectivity index (χ1) is 14.6. The van der Waals surface area contributed by atoms with Crippen molar-refractivity contribution in [3.8, 4) is 27.7 Å². The molecular weight excluding hydrogens is 398 g/mol. The number of nitrogens with one attached hydrogen (secondary N) is 1. The van der Waals surface area contributed by atoms with Gasteiger partial charge >= 0.3 is 0 Å². The van der Waals surface area contributed by atoms with Crippen LogP contribution in [-0.2, 0) is 6.54 Å². The molecule has 0 unspecified atom stereocenters. The van der Waals surface area contributed by atoms with E-state index in [1.165, 1.54) is 0 Å². The van der Waals surface area contributed by atoms with Gasteiger partial charge in [-0.15, -0.1) is 11.3 Å². The van der Waals surface area contributed by atoms with Crippen LogP contribution < -0.4 is 19.5 Å². The molecule has 2 aromatic heterocycles. The molecule has 0 radical (unpaired) electrons. The standard InChI is InChI=1S/C23H21N3O3S/c1-13-6-16(7-14(2)21(13)27-3)20-9-17-22(30-20)23(26-11-25-17)24-10-15-4-5-18-19(8-15)29-12-28-18/h4-9,11H,10,12H2,1-3H3,(H,24,25,26). The van der Waals surface area contributed by atoms with Crippen molar-refractivity contribution < 1.29 is 14.2 Å². The number of hydrogen-bond donors (Lipinski definition) is 1. The first-order valence-electron chi connectivity index (χ1n) is 9.65. The Balaban J connectivity index is 1.44. The van der Waals surface area contributed by atoms with E-state index in [1.807, 2.05) is 18.2 Å². The molecule has 5 rings (SSSR count). The van der Waals surface area contributed by atoms with Crippen molar-refractivity contribution in [1.29, 1.82) is 0 Å². The first-order valence-corrected chi connectivity index (χ1v) is 10.5. The zero-order valence-electron chi connectivity index (χ0n) is 17.0. The number of anilines is 1. The molecule has 152 valence electrons. The predicted octanol–water partition coefficient (Wildman–Crippen LogP) is 5.32. The summed E-state index contributed by atoms with van der Waals surface area (Å²) in [5.74, 6) is 3.34. The van der Waals surface area contributed by atoms with Crippen LogP contribution in [0.4, 0.5) is 5.82 Å². The molecule has 0 amide bonds. The van der Waals surface area contributed by atoms with Gasteiger partial charge in [-0.25, -0.2) is 9.97 Å². The van der Waals surface area contributed by atoms with E-state index in [-0.39, 0.29) is 6.79 Å². The monoisotopic (exact) mass is 419 g/mol. The van der Waals surface area contributed by atoms with Crippen LogP contribution in [0.15, 0.2) is 42.7 Å². The van der Waals surface area contributed by atoms with Crippen LogP contribution >= 0.6 is 11.3 Å². The lowest BCUT2D eigenvalue weighted by Crippen LogP contribution is -2.01. The number of fused-ring (bicyclic) bond motifs is 2. The minimum Gasteiger partial charge on any atom is -0.496 e. The Kier molecular flexibility index (Phi) is 4.67. The molecule has 0 fully saturated rings. The highest BCUT2D eigenvalue weighted by Gasteiger charge is 2.15. The number of methoxy groups -OCH3 is 1. The Labute approximate surface area is 178 Å². The summed E-state index contributed by atoms with van der Waals surface area (Å²) >= 11 is 1.69. The van der Waals surface area contributed by atoms with Gasteiger partial charge in [-0.05, 0) is 66.4 Å². The van der Waals surface area contributed by atoms with Crippen molar-refractivity contribution in [2.24, 2.45) is 0 Å². The summed E-state index contributed by atoms with van der Waals surface area (Å²) in [5, 5.41) is 3.44. The Morgan fingerprint density at radius 2 is 1.83 bits per heavy atom. The van der Waals surface area contributed by atoms with Crippen LogP contribution in [0, 0.1) is 13.8 Å². The smallest absolute Gasteiger partial charge is 0.231 e. The lowest BCUT2D eigenvalue weighted by molar-refractivity contribution is 0.174. The summed E-state index contributed by atoms with van der Waals surface area (Å²) in [6, 6.07) is 12.4. The van der Waals surface area contributed by atoms with E-state index in [1.54, 1.807) is 24.8 Å². The zero-order valence-corrected chi connectivity index (χ0v) is 17.8. The van der Waals surface area contributed by atoms with Crippen LogP contribution in [0.3, 0.4) is 0 Å². The molecule has 0 bridgehead atoms. The lowest BCUT2D eigenvalue weighted by atomic mass is 10.0. The van der Waals surface area contributed by atoms with Gasteiger partial charge in [0.15, 0.2) is 11.5 Å². The van der Waals surface area contributed by atoms with E-state index in [9.17, 15) is 0 Å². The predicted molar refractivity (Wildman–Crippen MR) is 119 cm³/mol. The second-order valence-corrected chi connectivity index (χ2v) is 8.28. The number of thiophene rings is 1. The van der Waals surface area contributed by atoms with Crippen molar-refractivity contribution in [3.63, 3.8) is 0 Å². The highest BCUT2D eigenvalue weighted by Crippen LogP contribution is 2.38. The Bertz CT molecular complexity index is 1230. The fourth-order valence-electron chi connectivity index (χ4n) is 3.77. The third-order valence-corrected chi connectivity index (χ3v) is 6.34. The highest BCUT2D eigenvalue weighted by molar-refractivity contribution is 7.22. The van der Waals surface area contributed by atoms with Gasteiger partial charge in [-0.3, -0.25) is 0 Å². The SMILES string of the molecule is COc1c(C)cc(-c2cc3ncnc(NCc4ccc5c(c4)OCO5)c3s2)cc1C. The quantitative estimate of drug-likeness (QED) is 0.472. The molecule has 4 aromatic rings. The molecule has 30 heavy (non-hydrogen) atoms. The van der Waals surface area contributed by atoms with Crippen molar-refractivity contribution in [1.82, 2.24) is 9.97 Å². The Morgan fingerprint density at radius 1 is 1.03 bits per heavy atom. The molecule has 7 heteroatoms. The van der Waals surface area contributed by atoms with Crippen LogP contribution in [0.1, 0.15) is 16.7 Å². The number of ether oxygens (including phenoxy) is 3. The molecule has 1 aliphatic rings. The molecule has 0 saturated heterocycles. The summed E-state index contributed by atoms with van der Waals surface area (Å²) in [7, 11) is 1.71. The third kappa shape index (κ3) is 3.31. The molecule has 1 aliphatic heterocycles. The maximum Gasteiger partial charge on any atom is 0.231 e. The molecule has 0 spiro atoms. The average molecular weight is 420 g/mol. The van der Waals surface area contributed by atoms with Gasteiger partial charge in [0, 0.05) is 11.4 Å². The van der Waals surface area contributed by atoms with Gasteiger partial charge in [-0.1, -0.05) is 6.07 Å². The molecule has 0 saturated carbocycles. The number of hydrogen-bond acceptors (Lipinski definition) is 7. The molecule has 1 N–H and O–H groups in total. The van der Waals surface area contributed by atoms with Crippen molar-refractivity contribution in [2.75, 3.05) is 19.2 Å². The number of aryl methyl sites for hydroxylation is 2. The summed E-state index contributed by atoms with van der Waals surface area (Å²) in [6.45, 7) is 5.05. The van der Waals surface area contributed by atoms with Gasteiger partial charge in [0.25, 0.3) is 0 Å². The number of aromatic nitrogens is 2. The minimum atomic E-state index is 0.279. The number of nitrogens with zero attached hydrogens (tertiary/aromatic N) is 2. The average Bonchev–Trinajstić information content (AvgIpc) is 3.38. The second-order valence-electron chi connectivity index (χ2n) is 7.23. The highest BCUT2D eigenvalue weighted by atomic mass is 32.1. The van der Waals surface area contributed by atoms with Gasteiger partial charge in [0.1, 0.15) is 17.9 Å². The van der Waals surface area contributed by atoms with Gasteiger partial charge < -0.3 is 19.5 Å². The number of rotatable bonds is 5. The van der Waals surface area contributed by atoms with Gasteiger partial charge in [0.05, 0.1) is 17.3 Å². The second kappa shape index (κ2) is 7.50. The number of benzene rings is 2. The maximum atomic E-state index is 5.50. The van der Waals surface area contributed by atoms with Crippen LogP contribution in [0.2, 0.25) is 0 Å². The van der Waals surface area contributed by atoms with Crippen molar-refractivity contribution in [3.05, 3.63) is 59.4 Å². The molecule has 0 aliphatic carbocycles. The maximum absolute atomic E-state index is 5.50. The van der Waals surface area contributed by atoms with Crippen molar-refractivity contribution >= 4 is 27.4 Å². The normalized spacial score (nSPS) is 12.4. The summed E-state index contributed by atoms with van der Waals surface area (Å²) in [5.41, 5.74) is 5.44. The summed E-state index contributed by atoms with van der Waals surface area (Å²) < 4.78 is 17.4. The summed E-state index contributed by atoms with van der Waals surface area (Å²) in [4.78, 5) is 10.1. The third-order valence-electron chi connectivity index (χ3n) is 5.16. The van der Waals surface area contributed by atoms with Gasteiger partial charge in [0.2, 0.25) is 6.79 Å². The Hall–Kier alpha value is -3.32. The fraction of sp³-hybridized carbons (Fsp3) is 0.217. The van der Waals surface area contributed by atoms with E-state index in [0.717, 1.165) is 60.4 Å². The summed E-state index contributed by atoms with van der Waals surface area (Å²) in [6.07, 6.45) is 1.60. The van der Waals surface area contributed by atoms with Crippen LogP contribution in [0.5, 0.6) is 17.2 Å². The van der Waals surface area contributed by atoms with Crippen LogP contribution in [-0.4, -0.2) is 23.9 Å². The van der Waals surface area contributed by atoms with Gasteiger partial charge in [-0.2, -0.15) is 0 Å². The van der Waals surface area contributed by atoms with E-state index >= 15 is 0 Å². The largest absolute Gasteiger partial charge is 0.496 e. The minimum absolute atomic E-state index is 0.279. The lowest BCUT2D eigenvalue weighted by Gasteiger charge is -2.10. The van der Waals surface area contributed by atoms with Crippen LogP contribution in [0.25, 0.3) is 20.7 Å². The van der Waals surface area contributed by atoms with E-state index in [0.29, 0.717) is 6.54 Å². The first kappa shape index (κ1) is 18.7. The van der Waals surface area contributed by atoms with E-state index in [4.69, 9.17) is 14.2 Å².